The molecule has 8 nitrogen and oxygen atoms in total. The van der Waals surface area contributed by atoms with E-state index in [0.29, 0.717) is 17.1 Å². The molecule has 0 aromatic heterocycles. The van der Waals surface area contributed by atoms with Crippen LogP contribution >= 0.6 is 0 Å². The first-order valence-corrected chi connectivity index (χ1v) is 8.94. The van der Waals surface area contributed by atoms with Crippen molar-refractivity contribution < 1.29 is 28.6 Å². The minimum absolute atomic E-state index is 0.0704. The Morgan fingerprint density at radius 1 is 1.15 bits per heavy atom. The van der Waals surface area contributed by atoms with E-state index in [9.17, 15) is 14.4 Å². The highest BCUT2D eigenvalue weighted by atomic mass is 16.5. The molecule has 2 N–H and O–H groups in total. The van der Waals surface area contributed by atoms with Crippen LogP contribution in [0.2, 0.25) is 0 Å². The third-order valence-corrected chi connectivity index (χ3v) is 4.43. The third kappa shape index (κ3) is 6.16. The Hall–Kier alpha value is -2.77. The maximum atomic E-state index is 12.1. The second-order valence-electron chi connectivity index (χ2n) is 6.43. The highest BCUT2D eigenvalue weighted by molar-refractivity contribution is 5.97. The van der Waals surface area contributed by atoms with E-state index >= 15 is 0 Å². The maximum Gasteiger partial charge on any atom is 0.321 e. The average molecular weight is 378 g/mol. The van der Waals surface area contributed by atoms with E-state index in [1.165, 1.54) is 21.1 Å². The van der Waals surface area contributed by atoms with Gasteiger partial charge >= 0.3 is 12.0 Å². The monoisotopic (exact) mass is 378 g/mol. The number of carbonyl (C=O) groups excluding carboxylic acids is 3. The van der Waals surface area contributed by atoms with E-state index < -0.39 is 24.0 Å². The van der Waals surface area contributed by atoms with Gasteiger partial charge in [0.15, 0.2) is 6.10 Å². The lowest BCUT2D eigenvalue weighted by Crippen LogP contribution is -2.47. The van der Waals surface area contributed by atoms with Crippen molar-refractivity contribution in [1.29, 1.82) is 0 Å². The normalized spacial score (nSPS) is 14.9. The van der Waals surface area contributed by atoms with Crippen molar-refractivity contribution in [3.05, 3.63) is 23.8 Å². The molecular formula is C19H26N2O6. The predicted molar refractivity (Wildman–Crippen MR) is 97.7 cm³/mol. The van der Waals surface area contributed by atoms with Crippen LogP contribution in [0.3, 0.4) is 0 Å². The van der Waals surface area contributed by atoms with Crippen LogP contribution in [0.5, 0.6) is 11.5 Å². The van der Waals surface area contributed by atoms with E-state index in [2.05, 4.69) is 10.6 Å². The number of carbonyl (C=O) groups is 3. The van der Waals surface area contributed by atoms with Gasteiger partial charge in [-0.3, -0.25) is 14.9 Å². The van der Waals surface area contributed by atoms with E-state index in [1.54, 1.807) is 18.2 Å². The molecule has 1 saturated carbocycles. The van der Waals surface area contributed by atoms with Crippen molar-refractivity contribution in [1.82, 2.24) is 10.6 Å². The van der Waals surface area contributed by atoms with Crippen LogP contribution in [0.4, 0.5) is 4.79 Å². The molecule has 0 saturated heterocycles. The van der Waals surface area contributed by atoms with Crippen LogP contribution in [0, 0.1) is 0 Å². The van der Waals surface area contributed by atoms with Crippen molar-refractivity contribution in [2.24, 2.45) is 0 Å². The van der Waals surface area contributed by atoms with Gasteiger partial charge in [0, 0.05) is 17.7 Å². The first-order chi connectivity index (χ1) is 12.9. The number of hydrogen-bond acceptors (Lipinski definition) is 6. The molecule has 1 aliphatic carbocycles. The number of benzene rings is 1. The summed E-state index contributed by atoms with van der Waals surface area (Å²) >= 11 is 0. The molecule has 1 fully saturated rings. The molecule has 1 unspecified atom stereocenters. The number of urea groups is 1. The Morgan fingerprint density at radius 3 is 2.48 bits per heavy atom. The molecule has 0 bridgehead atoms. The fraction of sp³-hybridized carbons (Fsp3) is 0.526. The summed E-state index contributed by atoms with van der Waals surface area (Å²) in [4.78, 5) is 36.0. The van der Waals surface area contributed by atoms with E-state index in [4.69, 9.17) is 14.2 Å². The molecule has 0 radical (unpaired) electrons. The van der Waals surface area contributed by atoms with Gasteiger partial charge in [0.1, 0.15) is 11.5 Å². The van der Waals surface area contributed by atoms with Crippen LogP contribution in [0.25, 0.3) is 0 Å². The largest absolute Gasteiger partial charge is 0.497 e. The maximum absolute atomic E-state index is 12.1. The van der Waals surface area contributed by atoms with Crippen LogP contribution in [0.1, 0.15) is 38.2 Å². The highest BCUT2D eigenvalue weighted by Gasteiger charge is 2.23. The van der Waals surface area contributed by atoms with Gasteiger partial charge in [-0.25, -0.2) is 4.79 Å². The minimum Gasteiger partial charge on any atom is -0.497 e. The van der Waals surface area contributed by atoms with Gasteiger partial charge in [-0.05, 0) is 25.8 Å². The van der Waals surface area contributed by atoms with Gasteiger partial charge in [0.2, 0.25) is 0 Å². The molecule has 1 aromatic rings. The van der Waals surface area contributed by atoms with E-state index in [1.807, 2.05) is 0 Å². The number of ether oxygens (including phenoxy) is 3. The highest BCUT2D eigenvalue weighted by Crippen LogP contribution is 2.25. The Bertz CT molecular complexity index is 685. The molecule has 1 aromatic carbocycles. The van der Waals surface area contributed by atoms with Crippen LogP contribution in [-0.2, 0) is 20.7 Å². The molecule has 0 heterocycles. The smallest absolute Gasteiger partial charge is 0.321 e. The summed E-state index contributed by atoms with van der Waals surface area (Å²) < 4.78 is 15.5. The van der Waals surface area contributed by atoms with Gasteiger partial charge < -0.3 is 19.5 Å². The molecule has 148 valence electrons. The summed E-state index contributed by atoms with van der Waals surface area (Å²) in [6, 6.07) is 4.59. The van der Waals surface area contributed by atoms with E-state index in [-0.39, 0.29) is 12.5 Å². The number of nitrogens with one attached hydrogen (secondary N) is 2. The second-order valence-corrected chi connectivity index (χ2v) is 6.43. The zero-order valence-electron chi connectivity index (χ0n) is 15.9. The molecule has 0 spiro atoms. The third-order valence-electron chi connectivity index (χ3n) is 4.43. The van der Waals surface area contributed by atoms with E-state index in [0.717, 1.165) is 25.7 Å². The lowest BCUT2D eigenvalue weighted by Gasteiger charge is -2.16. The molecule has 8 heteroatoms. The number of rotatable bonds is 7. The summed E-state index contributed by atoms with van der Waals surface area (Å²) in [5.41, 5.74) is 0.606. The topological polar surface area (TPSA) is 103 Å². The zero-order chi connectivity index (χ0) is 19.8. The average Bonchev–Trinajstić information content (AvgIpc) is 3.14. The predicted octanol–water partition coefficient (Wildman–Crippen LogP) is 1.95. The Balaban J connectivity index is 1.83. The fourth-order valence-electron chi connectivity index (χ4n) is 2.95. The standard InChI is InChI=1S/C19H26N2O6/c1-12(18(23)21-19(24)20-14-6-4-5-7-14)27-17(22)10-13-8-9-15(25-2)11-16(13)26-3/h8-9,11-12,14H,4-7,10H2,1-3H3,(H2,20,21,23,24). The molecule has 27 heavy (non-hydrogen) atoms. The SMILES string of the molecule is COc1ccc(CC(=O)OC(C)C(=O)NC(=O)NC2CCCC2)c(OC)c1. The lowest BCUT2D eigenvalue weighted by molar-refractivity contribution is -0.153. The van der Waals surface area contributed by atoms with Crippen molar-refractivity contribution in [3.8, 4) is 11.5 Å². The fourth-order valence-corrected chi connectivity index (χ4v) is 2.95. The summed E-state index contributed by atoms with van der Waals surface area (Å²) in [6.07, 6.45) is 2.81. The van der Waals surface area contributed by atoms with Gasteiger partial charge in [-0.15, -0.1) is 0 Å². The molecule has 3 amide bonds. The lowest BCUT2D eigenvalue weighted by atomic mass is 10.1. The molecule has 1 aliphatic rings. The molecular weight excluding hydrogens is 352 g/mol. The van der Waals surface area contributed by atoms with Gasteiger partial charge in [-0.1, -0.05) is 18.9 Å². The number of imide groups is 1. The van der Waals surface area contributed by atoms with Crippen LogP contribution in [-0.4, -0.2) is 44.3 Å². The summed E-state index contributed by atoms with van der Waals surface area (Å²) in [5.74, 6) is -0.179. The Morgan fingerprint density at radius 2 is 1.85 bits per heavy atom. The Labute approximate surface area is 158 Å². The molecule has 0 aliphatic heterocycles. The summed E-state index contributed by atoms with van der Waals surface area (Å²) in [7, 11) is 3.02. The zero-order valence-corrected chi connectivity index (χ0v) is 15.9. The molecule has 2 rings (SSSR count). The summed E-state index contributed by atoms with van der Waals surface area (Å²) in [5, 5.41) is 4.95. The van der Waals surface area contributed by atoms with Gasteiger partial charge in [0.25, 0.3) is 5.91 Å². The number of esters is 1. The first-order valence-electron chi connectivity index (χ1n) is 8.94. The summed E-state index contributed by atoms with van der Waals surface area (Å²) in [6.45, 7) is 1.42. The first kappa shape index (κ1) is 20.5. The minimum atomic E-state index is -1.09. The number of methoxy groups -OCH3 is 2. The Kier molecular flexibility index (Phi) is 7.45. The van der Waals surface area contributed by atoms with Crippen LogP contribution in [0.15, 0.2) is 18.2 Å². The number of hydrogen-bond donors (Lipinski definition) is 2. The second kappa shape index (κ2) is 9.80. The van der Waals surface area contributed by atoms with Gasteiger partial charge in [-0.2, -0.15) is 0 Å². The van der Waals surface area contributed by atoms with Crippen molar-refractivity contribution in [2.75, 3.05) is 14.2 Å². The number of amides is 3. The van der Waals surface area contributed by atoms with Gasteiger partial charge in [0.05, 0.1) is 20.6 Å². The quantitative estimate of drug-likeness (QED) is 0.703. The van der Waals surface area contributed by atoms with Crippen molar-refractivity contribution in [3.63, 3.8) is 0 Å². The van der Waals surface area contributed by atoms with Crippen molar-refractivity contribution >= 4 is 17.9 Å². The van der Waals surface area contributed by atoms with Crippen molar-refractivity contribution in [2.45, 2.75) is 51.2 Å². The molecule has 1 atom stereocenters. The van der Waals surface area contributed by atoms with Crippen LogP contribution < -0.4 is 20.1 Å².